The van der Waals surface area contributed by atoms with Gasteiger partial charge in [0.2, 0.25) is 0 Å². The average Bonchev–Trinajstić information content (AvgIpc) is 3.50. The highest BCUT2D eigenvalue weighted by Crippen LogP contribution is 2.70. The Morgan fingerprint density at radius 2 is 1.97 bits per heavy atom. The van der Waals surface area contributed by atoms with Gasteiger partial charge in [0.05, 0.1) is 24.5 Å². The monoisotopic (exact) mass is 524 g/mol. The number of fused-ring (bicyclic) bond motifs is 2. The summed E-state index contributed by atoms with van der Waals surface area (Å²) in [5, 5.41) is 35.2. The van der Waals surface area contributed by atoms with Crippen LogP contribution in [0.1, 0.15) is 66.7 Å². The van der Waals surface area contributed by atoms with E-state index in [0.29, 0.717) is 37.9 Å². The van der Waals surface area contributed by atoms with E-state index < -0.39 is 76.7 Å². The quantitative estimate of drug-likeness (QED) is 0.241. The second kappa shape index (κ2) is 9.63. The minimum absolute atomic E-state index is 0.0345. The normalized spacial score (nSPS) is 42.3. The Bertz CT molecular complexity index is 968. The molecule has 0 amide bonds. The van der Waals surface area contributed by atoms with Crippen LogP contribution in [0, 0.1) is 22.7 Å². The molecular formula is C27H40O10. The molecule has 3 N–H and O–H groups in total. The molecule has 1 spiro atoms. The van der Waals surface area contributed by atoms with E-state index in [1.807, 2.05) is 6.92 Å². The molecule has 0 radical (unpaired) electrons. The first kappa shape index (κ1) is 28.0. The Labute approximate surface area is 217 Å². The molecule has 2 saturated carbocycles. The topological polar surface area (TPSA) is 152 Å². The van der Waals surface area contributed by atoms with Gasteiger partial charge in [-0.1, -0.05) is 27.2 Å². The van der Waals surface area contributed by atoms with Gasteiger partial charge >= 0.3 is 17.9 Å². The van der Waals surface area contributed by atoms with E-state index in [0.717, 1.165) is 0 Å². The molecule has 9 atom stereocenters. The standard InChI is InChI=1S/C27H40O10/c1-6-15(2)23(32)37-22-21(31)27(13-28)18(8-7-9-26(27)14-35-26)24(4,25(22,5)33)19(36-16(3)29)10-17-11-20(30)34-12-17/h11,15,18-19,21-22,28,31,33H,6-10,12-14H2,1-5H3/t15-,18+,19-,21-,22-,24-,25-,26-,27-/m0/s1. The molecule has 10 nitrogen and oxygen atoms in total. The SMILES string of the molecule is CC[C@H](C)C(=O)O[C@H]1[C@H](O)[C@]2(CO)[C@H](CCC[C@]23CO3)[C@@](C)([C@H](CC2=CC(=O)OC2)OC(C)=O)[C@@]1(C)O. The smallest absolute Gasteiger partial charge is 0.331 e. The van der Waals surface area contributed by atoms with Crippen LogP contribution in [0.3, 0.4) is 0 Å². The average molecular weight is 525 g/mol. The van der Waals surface area contributed by atoms with E-state index in [1.54, 1.807) is 13.8 Å². The van der Waals surface area contributed by atoms with Crippen molar-refractivity contribution >= 4 is 17.9 Å². The van der Waals surface area contributed by atoms with Crippen molar-refractivity contribution in [1.29, 1.82) is 0 Å². The number of cyclic esters (lactones) is 1. The molecule has 3 fully saturated rings. The molecule has 0 aromatic heterocycles. The van der Waals surface area contributed by atoms with Gasteiger partial charge in [-0.25, -0.2) is 4.79 Å². The minimum atomic E-state index is -1.89. The van der Waals surface area contributed by atoms with Gasteiger partial charge in [-0.2, -0.15) is 0 Å². The Balaban J connectivity index is 1.89. The van der Waals surface area contributed by atoms with Crippen LogP contribution in [-0.4, -0.2) is 82.6 Å². The first-order chi connectivity index (χ1) is 17.3. The van der Waals surface area contributed by atoms with Crippen molar-refractivity contribution in [2.45, 2.75) is 96.2 Å². The fourth-order valence-electron chi connectivity index (χ4n) is 7.28. The number of epoxide rings is 1. The number of aliphatic hydroxyl groups is 3. The number of hydrogen-bond donors (Lipinski definition) is 3. The highest BCUT2D eigenvalue weighted by Gasteiger charge is 2.80. The van der Waals surface area contributed by atoms with Crippen LogP contribution in [0.25, 0.3) is 0 Å². The number of aliphatic hydroxyl groups excluding tert-OH is 2. The molecule has 4 aliphatic rings. The maximum Gasteiger partial charge on any atom is 0.331 e. The lowest BCUT2D eigenvalue weighted by Gasteiger charge is -2.67. The van der Waals surface area contributed by atoms with Crippen LogP contribution in [0.4, 0.5) is 0 Å². The zero-order valence-corrected chi connectivity index (χ0v) is 22.3. The van der Waals surface area contributed by atoms with Gasteiger partial charge in [-0.3, -0.25) is 9.59 Å². The van der Waals surface area contributed by atoms with Gasteiger partial charge in [0.25, 0.3) is 0 Å². The van der Waals surface area contributed by atoms with Crippen molar-refractivity contribution in [1.82, 2.24) is 0 Å². The highest BCUT2D eigenvalue weighted by molar-refractivity contribution is 5.85. The van der Waals surface area contributed by atoms with Crippen molar-refractivity contribution in [3.05, 3.63) is 11.6 Å². The molecule has 4 rings (SSSR count). The number of hydrogen-bond acceptors (Lipinski definition) is 10. The molecular weight excluding hydrogens is 484 g/mol. The molecule has 0 unspecified atom stereocenters. The summed E-state index contributed by atoms with van der Waals surface area (Å²) < 4.78 is 22.7. The van der Waals surface area contributed by atoms with Gasteiger partial charge in [-0.05, 0) is 37.7 Å². The van der Waals surface area contributed by atoms with E-state index in [4.69, 9.17) is 18.9 Å². The predicted molar refractivity (Wildman–Crippen MR) is 129 cm³/mol. The van der Waals surface area contributed by atoms with E-state index in [9.17, 15) is 29.7 Å². The van der Waals surface area contributed by atoms with Crippen LogP contribution in [0.15, 0.2) is 11.6 Å². The summed E-state index contributed by atoms with van der Waals surface area (Å²) in [6.07, 6.45) is -0.109. The Morgan fingerprint density at radius 3 is 2.49 bits per heavy atom. The molecule has 2 aliphatic carbocycles. The summed E-state index contributed by atoms with van der Waals surface area (Å²) >= 11 is 0. The van der Waals surface area contributed by atoms with Crippen molar-refractivity contribution in [3.8, 4) is 0 Å². The second-order valence-corrected chi connectivity index (χ2v) is 11.7. The van der Waals surface area contributed by atoms with Crippen molar-refractivity contribution in [2.24, 2.45) is 22.7 Å². The summed E-state index contributed by atoms with van der Waals surface area (Å²) in [6.45, 7) is 7.92. The van der Waals surface area contributed by atoms with E-state index in [1.165, 1.54) is 19.9 Å². The van der Waals surface area contributed by atoms with Gasteiger partial charge in [0.15, 0.2) is 6.10 Å². The number of esters is 3. The number of carbonyl (C=O) groups excluding carboxylic acids is 3. The summed E-state index contributed by atoms with van der Waals surface area (Å²) in [5.41, 5.74) is -4.76. The molecule has 37 heavy (non-hydrogen) atoms. The van der Waals surface area contributed by atoms with Crippen molar-refractivity contribution < 1.29 is 48.7 Å². The van der Waals surface area contributed by atoms with Crippen molar-refractivity contribution in [2.75, 3.05) is 19.8 Å². The van der Waals surface area contributed by atoms with Crippen LogP contribution in [0.5, 0.6) is 0 Å². The van der Waals surface area contributed by atoms with Gasteiger partial charge in [-0.15, -0.1) is 0 Å². The third-order valence-electron chi connectivity index (χ3n) is 9.89. The summed E-state index contributed by atoms with van der Waals surface area (Å²) in [6, 6.07) is 0. The minimum Gasteiger partial charge on any atom is -0.462 e. The Morgan fingerprint density at radius 1 is 1.30 bits per heavy atom. The molecule has 2 aliphatic heterocycles. The zero-order chi connectivity index (χ0) is 27.4. The molecule has 2 heterocycles. The summed E-state index contributed by atoms with van der Waals surface area (Å²) in [7, 11) is 0. The second-order valence-electron chi connectivity index (χ2n) is 11.7. The number of rotatable bonds is 8. The highest BCUT2D eigenvalue weighted by atomic mass is 16.6. The van der Waals surface area contributed by atoms with E-state index in [-0.39, 0.29) is 13.0 Å². The van der Waals surface area contributed by atoms with E-state index >= 15 is 0 Å². The fourth-order valence-corrected chi connectivity index (χ4v) is 7.28. The Hall–Kier alpha value is -2.01. The van der Waals surface area contributed by atoms with Crippen LogP contribution >= 0.6 is 0 Å². The largest absolute Gasteiger partial charge is 0.462 e. The summed E-state index contributed by atoms with van der Waals surface area (Å²) in [5.74, 6) is -2.72. The van der Waals surface area contributed by atoms with Crippen molar-refractivity contribution in [3.63, 3.8) is 0 Å². The Kier molecular flexibility index (Phi) is 7.29. The number of ether oxygens (including phenoxy) is 4. The molecule has 0 aromatic carbocycles. The predicted octanol–water partition coefficient (Wildman–Crippen LogP) is 1.43. The first-order valence-corrected chi connectivity index (χ1v) is 13.2. The third kappa shape index (κ3) is 4.11. The molecule has 1 saturated heterocycles. The third-order valence-corrected chi connectivity index (χ3v) is 9.89. The van der Waals surface area contributed by atoms with Gasteiger partial charge in [0.1, 0.15) is 30.0 Å². The lowest BCUT2D eigenvalue weighted by Crippen LogP contribution is -2.79. The maximum atomic E-state index is 13.0. The molecule has 0 aromatic rings. The number of carbonyl (C=O) groups is 3. The zero-order valence-electron chi connectivity index (χ0n) is 22.3. The van der Waals surface area contributed by atoms with Gasteiger partial charge in [0, 0.05) is 24.8 Å². The van der Waals surface area contributed by atoms with E-state index in [2.05, 4.69) is 0 Å². The van der Waals surface area contributed by atoms with Crippen LogP contribution in [-0.2, 0) is 33.3 Å². The first-order valence-electron chi connectivity index (χ1n) is 13.2. The molecule has 0 bridgehead atoms. The summed E-state index contributed by atoms with van der Waals surface area (Å²) in [4.78, 5) is 37.1. The van der Waals surface area contributed by atoms with Crippen LogP contribution < -0.4 is 0 Å². The van der Waals surface area contributed by atoms with Gasteiger partial charge < -0.3 is 34.3 Å². The molecule has 208 valence electrons. The molecule has 10 heteroatoms. The lowest BCUT2D eigenvalue weighted by atomic mass is 9.40. The fraction of sp³-hybridized carbons (Fsp3) is 0.815. The van der Waals surface area contributed by atoms with Crippen LogP contribution in [0.2, 0.25) is 0 Å². The lowest BCUT2D eigenvalue weighted by molar-refractivity contribution is -0.326. The maximum absolute atomic E-state index is 13.0.